The summed E-state index contributed by atoms with van der Waals surface area (Å²) in [6.07, 6.45) is 4.79. The molecule has 0 aromatic carbocycles. The van der Waals surface area contributed by atoms with Crippen molar-refractivity contribution in [3.05, 3.63) is 12.7 Å². The molecule has 2 aromatic rings. The highest BCUT2D eigenvalue weighted by molar-refractivity contribution is 5.87. The number of anilines is 1. The molecule has 1 aliphatic heterocycles. The Hall–Kier alpha value is -2.18. The van der Waals surface area contributed by atoms with Crippen LogP contribution in [-0.4, -0.2) is 45.1 Å². The van der Waals surface area contributed by atoms with E-state index in [9.17, 15) is 4.79 Å². The van der Waals surface area contributed by atoms with Gasteiger partial charge in [-0.05, 0) is 19.8 Å². The summed E-state index contributed by atoms with van der Waals surface area (Å²) in [4.78, 5) is 29.4. The highest BCUT2D eigenvalue weighted by Crippen LogP contribution is 2.28. The number of carbonyl (C=O) groups is 1. The molecule has 0 bridgehead atoms. The van der Waals surface area contributed by atoms with Crippen molar-refractivity contribution in [2.45, 2.75) is 25.8 Å². The summed E-state index contributed by atoms with van der Waals surface area (Å²) in [5.41, 5.74) is 1.37. The Morgan fingerprint density at radius 3 is 3.26 bits per heavy atom. The molecule has 1 saturated heterocycles. The molecule has 1 N–H and O–H groups in total. The van der Waals surface area contributed by atoms with Crippen molar-refractivity contribution in [2.75, 3.05) is 18.1 Å². The molecule has 3 rings (SSSR count). The largest absolute Gasteiger partial charge is 0.464 e. The second-order valence-electron chi connectivity index (χ2n) is 4.40. The maximum Gasteiger partial charge on any atom is 0.328 e. The van der Waals surface area contributed by atoms with Gasteiger partial charge >= 0.3 is 5.97 Å². The van der Waals surface area contributed by atoms with Crippen molar-refractivity contribution in [1.82, 2.24) is 19.9 Å². The van der Waals surface area contributed by atoms with E-state index in [0.717, 1.165) is 30.7 Å². The number of nitrogens with zero attached hydrogens (tertiary/aromatic N) is 4. The molecule has 0 saturated carbocycles. The fraction of sp³-hybridized carbons (Fsp3) is 0.500. The minimum atomic E-state index is -0.263. The van der Waals surface area contributed by atoms with Gasteiger partial charge in [0.2, 0.25) is 0 Å². The van der Waals surface area contributed by atoms with E-state index in [1.807, 2.05) is 11.8 Å². The maximum atomic E-state index is 12.0. The van der Waals surface area contributed by atoms with Gasteiger partial charge < -0.3 is 14.6 Å². The van der Waals surface area contributed by atoms with Gasteiger partial charge in [0.25, 0.3) is 0 Å². The van der Waals surface area contributed by atoms with E-state index in [1.165, 1.54) is 6.33 Å². The van der Waals surface area contributed by atoms with Gasteiger partial charge in [-0.15, -0.1) is 0 Å². The van der Waals surface area contributed by atoms with Gasteiger partial charge in [-0.25, -0.2) is 19.7 Å². The Bertz CT molecular complexity index is 597. The monoisotopic (exact) mass is 261 g/mol. The second-order valence-corrected chi connectivity index (χ2v) is 4.40. The topological polar surface area (TPSA) is 84.0 Å². The Balaban J connectivity index is 1.96. The fourth-order valence-electron chi connectivity index (χ4n) is 2.47. The number of fused-ring (bicyclic) bond motifs is 1. The minimum Gasteiger partial charge on any atom is -0.464 e. The predicted molar refractivity (Wildman–Crippen MR) is 68.7 cm³/mol. The lowest BCUT2D eigenvalue weighted by Gasteiger charge is -2.23. The lowest BCUT2D eigenvalue weighted by molar-refractivity contribution is -0.144. The van der Waals surface area contributed by atoms with E-state index in [0.29, 0.717) is 12.3 Å². The lowest BCUT2D eigenvalue weighted by Crippen LogP contribution is -2.38. The molecule has 19 heavy (non-hydrogen) atoms. The average molecular weight is 261 g/mol. The zero-order valence-electron chi connectivity index (χ0n) is 10.7. The first-order valence-electron chi connectivity index (χ1n) is 6.38. The SMILES string of the molecule is CCOC(=O)C1CCCN1c1ncnc2nc[nH]c12. The molecular weight excluding hydrogens is 246 g/mol. The van der Waals surface area contributed by atoms with E-state index < -0.39 is 0 Å². The molecule has 1 fully saturated rings. The van der Waals surface area contributed by atoms with Crippen molar-refractivity contribution in [1.29, 1.82) is 0 Å². The molecule has 1 unspecified atom stereocenters. The zero-order valence-corrected chi connectivity index (χ0v) is 10.7. The molecule has 7 nitrogen and oxygen atoms in total. The number of ether oxygens (including phenoxy) is 1. The van der Waals surface area contributed by atoms with Crippen LogP contribution in [0.5, 0.6) is 0 Å². The molecule has 7 heteroatoms. The van der Waals surface area contributed by atoms with Gasteiger partial charge in [0, 0.05) is 6.54 Å². The van der Waals surface area contributed by atoms with Crippen molar-refractivity contribution >= 4 is 23.0 Å². The Morgan fingerprint density at radius 1 is 1.53 bits per heavy atom. The van der Waals surface area contributed by atoms with Crippen LogP contribution in [0.25, 0.3) is 11.2 Å². The molecule has 2 aromatic heterocycles. The van der Waals surface area contributed by atoms with E-state index in [4.69, 9.17) is 4.74 Å². The lowest BCUT2D eigenvalue weighted by atomic mass is 10.2. The van der Waals surface area contributed by atoms with Crippen LogP contribution in [0.15, 0.2) is 12.7 Å². The predicted octanol–water partition coefficient (Wildman–Crippen LogP) is 0.885. The van der Waals surface area contributed by atoms with Crippen LogP contribution in [0.3, 0.4) is 0 Å². The minimum absolute atomic E-state index is 0.189. The van der Waals surface area contributed by atoms with Crippen LogP contribution in [0.2, 0.25) is 0 Å². The van der Waals surface area contributed by atoms with Crippen LogP contribution in [0.1, 0.15) is 19.8 Å². The number of hydrogen-bond acceptors (Lipinski definition) is 6. The highest BCUT2D eigenvalue weighted by atomic mass is 16.5. The number of hydrogen-bond donors (Lipinski definition) is 1. The molecule has 1 aliphatic rings. The van der Waals surface area contributed by atoms with Crippen LogP contribution < -0.4 is 4.90 Å². The smallest absolute Gasteiger partial charge is 0.328 e. The van der Waals surface area contributed by atoms with Crippen molar-refractivity contribution in [3.63, 3.8) is 0 Å². The van der Waals surface area contributed by atoms with Crippen LogP contribution in [0.4, 0.5) is 5.82 Å². The summed E-state index contributed by atoms with van der Waals surface area (Å²) in [6, 6.07) is -0.263. The summed E-state index contributed by atoms with van der Waals surface area (Å²) in [6.45, 7) is 3.00. The molecule has 0 spiro atoms. The van der Waals surface area contributed by atoms with Crippen molar-refractivity contribution in [3.8, 4) is 0 Å². The Kier molecular flexibility index (Phi) is 3.02. The first-order chi connectivity index (χ1) is 9.31. The third-order valence-corrected chi connectivity index (χ3v) is 3.29. The molecular formula is C12H15N5O2. The Labute approximate surface area is 110 Å². The van der Waals surface area contributed by atoms with Gasteiger partial charge in [-0.3, -0.25) is 0 Å². The van der Waals surface area contributed by atoms with Crippen LogP contribution >= 0.6 is 0 Å². The number of carbonyl (C=O) groups excluding carboxylic acids is 1. The number of rotatable bonds is 3. The van der Waals surface area contributed by atoms with Gasteiger partial charge in [-0.2, -0.15) is 0 Å². The summed E-state index contributed by atoms with van der Waals surface area (Å²) in [5, 5.41) is 0. The van der Waals surface area contributed by atoms with Crippen LogP contribution in [-0.2, 0) is 9.53 Å². The molecule has 1 atom stereocenters. The highest BCUT2D eigenvalue weighted by Gasteiger charge is 2.34. The average Bonchev–Trinajstić information content (AvgIpc) is 3.07. The third kappa shape index (κ3) is 2.00. The number of aromatic amines is 1. The second kappa shape index (κ2) is 4.83. The standard InChI is InChI=1S/C12H15N5O2/c1-2-19-12(18)8-4-3-5-17(8)11-9-10(14-6-13-9)15-7-16-11/h6-8H,2-5H2,1H3,(H,13,14,15,16). The van der Waals surface area contributed by atoms with Crippen LogP contribution in [0, 0.1) is 0 Å². The number of esters is 1. The van der Waals surface area contributed by atoms with E-state index >= 15 is 0 Å². The number of imidazole rings is 1. The summed E-state index contributed by atoms with van der Waals surface area (Å²) < 4.78 is 5.12. The number of aromatic nitrogens is 4. The first kappa shape index (κ1) is 11.9. The molecule has 0 aliphatic carbocycles. The summed E-state index contributed by atoms with van der Waals surface area (Å²) in [7, 11) is 0. The summed E-state index contributed by atoms with van der Waals surface area (Å²) in [5.74, 6) is 0.532. The maximum absolute atomic E-state index is 12.0. The van der Waals surface area contributed by atoms with Gasteiger partial charge in [-0.1, -0.05) is 0 Å². The Morgan fingerprint density at radius 2 is 2.42 bits per heavy atom. The first-order valence-corrected chi connectivity index (χ1v) is 6.38. The van der Waals surface area contributed by atoms with Gasteiger partial charge in [0.15, 0.2) is 11.5 Å². The molecule has 100 valence electrons. The van der Waals surface area contributed by atoms with E-state index in [-0.39, 0.29) is 12.0 Å². The van der Waals surface area contributed by atoms with Crippen molar-refractivity contribution in [2.24, 2.45) is 0 Å². The van der Waals surface area contributed by atoms with E-state index in [1.54, 1.807) is 6.33 Å². The molecule has 0 radical (unpaired) electrons. The fourth-order valence-corrected chi connectivity index (χ4v) is 2.47. The number of H-pyrrole nitrogens is 1. The number of nitrogens with one attached hydrogen (secondary N) is 1. The van der Waals surface area contributed by atoms with Gasteiger partial charge in [0.05, 0.1) is 12.9 Å². The van der Waals surface area contributed by atoms with Crippen molar-refractivity contribution < 1.29 is 9.53 Å². The normalized spacial score (nSPS) is 19.0. The third-order valence-electron chi connectivity index (χ3n) is 3.29. The quantitative estimate of drug-likeness (QED) is 0.826. The van der Waals surface area contributed by atoms with E-state index in [2.05, 4.69) is 19.9 Å². The molecule has 3 heterocycles. The zero-order chi connectivity index (χ0) is 13.2. The summed E-state index contributed by atoms with van der Waals surface area (Å²) >= 11 is 0. The molecule has 0 amide bonds. The van der Waals surface area contributed by atoms with Gasteiger partial charge in [0.1, 0.15) is 17.9 Å².